The second-order valence-corrected chi connectivity index (χ2v) is 9.18. The van der Waals surface area contributed by atoms with E-state index in [0.29, 0.717) is 5.69 Å². The summed E-state index contributed by atoms with van der Waals surface area (Å²) in [5.41, 5.74) is 1.68. The normalized spacial score (nSPS) is 33.8. The van der Waals surface area contributed by atoms with Crippen LogP contribution in [0.2, 0.25) is 0 Å². The van der Waals surface area contributed by atoms with Crippen molar-refractivity contribution in [2.45, 2.75) is 89.9 Å². The number of ether oxygens (including phenoxy) is 5. The average Bonchev–Trinajstić information content (AvgIpc) is 3.14. The molecule has 170 valence electrons. The number of amides is 2. The molecule has 6 atom stereocenters. The van der Waals surface area contributed by atoms with Gasteiger partial charge in [0.15, 0.2) is 24.0 Å². The Bertz CT molecular complexity index is 871. The summed E-state index contributed by atoms with van der Waals surface area (Å²) in [5.74, 6) is -2.59. The van der Waals surface area contributed by atoms with Crippen LogP contribution in [0.25, 0.3) is 0 Å². The fourth-order valence-electron chi connectivity index (χ4n) is 4.16. The number of aryl methyl sites for hydroxylation is 1. The second kappa shape index (κ2) is 7.83. The van der Waals surface area contributed by atoms with Gasteiger partial charge in [-0.3, -0.25) is 9.59 Å². The summed E-state index contributed by atoms with van der Waals surface area (Å²) in [5, 5.41) is 5.52. The molecule has 0 unspecified atom stereocenters. The third-order valence-corrected chi connectivity index (χ3v) is 5.45. The Morgan fingerprint density at radius 3 is 2.32 bits per heavy atom. The van der Waals surface area contributed by atoms with Crippen LogP contribution in [-0.2, 0) is 33.3 Å². The molecule has 0 radical (unpaired) electrons. The second-order valence-electron chi connectivity index (χ2n) is 9.18. The van der Waals surface area contributed by atoms with E-state index in [1.54, 1.807) is 40.7 Å². The first-order chi connectivity index (χ1) is 14.4. The minimum Gasteiger partial charge on any atom is -0.342 e. The number of fused-ring (bicyclic) bond motifs is 3. The lowest BCUT2D eigenvalue weighted by molar-refractivity contribution is -0.231. The van der Waals surface area contributed by atoms with Gasteiger partial charge in [-0.25, -0.2) is 0 Å². The molecule has 3 aliphatic heterocycles. The van der Waals surface area contributed by atoms with E-state index < -0.39 is 54.2 Å². The molecule has 1 aromatic rings. The van der Waals surface area contributed by atoms with Crippen LogP contribution in [0, 0.1) is 6.92 Å². The van der Waals surface area contributed by atoms with Gasteiger partial charge in [-0.15, -0.1) is 0 Å². The number of carbonyl (C=O) groups is 2. The first kappa shape index (κ1) is 22.2. The van der Waals surface area contributed by atoms with Gasteiger partial charge in [0.2, 0.25) is 5.91 Å². The number of carbonyl (C=O) groups excluding carboxylic acids is 2. The van der Waals surface area contributed by atoms with Gasteiger partial charge in [0.25, 0.3) is 5.91 Å². The molecule has 0 aromatic heterocycles. The Labute approximate surface area is 181 Å². The van der Waals surface area contributed by atoms with Crippen molar-refractivity contribution in [1.82, 2.24) is 5.32 Å². The molecular weight excluding hydrogens is 404 g/mol. The first-order valence-electron chi connectivity index (χ1n) is 10.5. The van der Waals surface area contributed by atoms with Crippen LogP contribution >= 0.6 is 0 Å². The van der Waals surface area contributed by atoms with Crippen molar-refractivity contribution in [3.05, 3.63) is 29.8 Å². The summed E-state index contributed by atoms with van der Waals surface area (Å²) in [4.78, 5) is 25.6. The maximum Gasteiger partial charge on any atom is 0.252 e. The fraction of sp³-hybridized carbons (Fsp3) is 0.636. The van der Waals surface area contributed by atoms with E-state index in [1.165, 1.54) is 0 Å². The molecule has 1 aromatic carbocycles. The summed E-state index contributed by atoms with van der Waals surface area (Å²) in [6.45, 7) is 10.6. The van der Waals surface area contributed by atoms with Crippen molar-refractivity contribution in [3.8, 4) is 0 Å². The summed E-state index contributed by atoms with van der Waals surface area (Å²) in [6, 6.07) is 6.64. The van der Waals surface area contributed by atoms with Crippen molar-refractivity contribution >= 4 is 17.5 Å². The summed E-state index contributed by atoms with van der Waals surface area (Å²) in [7, 11) is 0. The van der Waals surface area contributed by atoms with Crippen LogP contribution < -0.4 is 10.6 Å². The van der Waals surface area contributed by atoms with Gasteiger partial charge in [0.1, 0.15) is 24.4 Å². The predicted octanol–water partition coefficient (Wildman–Crippen LogP) is 1.83. The maximum atomic E-state index is 13.1. The number of benzene rings is 1. The molecule has 3 saturated heterocycles. The Hall–Kier alpha value is -2.04. The minimum atomic E-state index is -1.01. The molecule has 3 heterocycles. The number of nitrogens with one attached hydrogen (secondary N) is 2. The molecule has 0 saturated carbocycles. The molecule has 2 N–H and O–H groups in total. The lowest BCUT2D eigenvalue weighted by Crippen LogP contribution is -2.60. The Kier molecular flexibility index (Phi) is 5.60. The zero-order valence-corrected chi connectivity index (χ0v) is 18.6. The highest BCUT2D eigenvalue weighted by Gasteiger charge is 2.62. The van der Waals surface area contributed by atoms with Crippen molar-refractivity contribution < 1.29 is 33.3 Å². The molecular formula is C22H30N2O7. The van der Waals surface area contributed by atoms with Crippen molar-refractivity contribution in [2.75, 3.05) is 5.32 Å². The standard InChI is InChI=1S/C22H30N2O7/c1-11-8-7-9-13(10-11)24-18(25)12(2)23-19(26)16-14-15(29-21(3,4)28-14)17-20(27-16)31-22(5,6)30-17/h7-10,12,14-17,20H,1-6H3,(H,23,26)(H,24,25)/t12-,14+,15-,16-,17+,20+/m0/s1. The lowest BCUT2D eigenvalue weighted by Gasteiger charge is -2.36. The van der Waals surface area contributed by atoms with E-state index in [-0.39, 0.29) is 5.91 Å². The molecule has 3 aliphatic rings. The average molecular weight is 434 g/mol. The number of hydrogen-bond acceptors (Lipinski definition) is 7. The van der Waals surface area contributed by atoms with Gasteiger partial charge >= 0.3 is 0 Å². The molecule has 0 spiro atoms. The number of hydrogen-bond donors (Lipinski definition) is 2. The maximum absolute atomic E-state index is 13.1. The summed E-state index contributed by atoms with van der Waals surface area (Å²) in [6.07, 6.45) is -3.54. The smallest absolute Gasteiger partial charge is 0.252 e. The van der Waals surface area contributed by atoms with E-state index in [1.807, 2.05) is 25.1 Å². The minimum absolute atomic E-state index is 0.338. The van der Waals surface area contributed by atoms with Crippen molar-refractivity contribution in [2.24, 2.45) is 0 Å². The molecule has 2 amide bonds. The molecule has 9 heteroatoms. The van der Waals surface area contributed by atoms with Crippen LogP contribution in [0.15, 0.2) is 24.3 Å². The third-order valence-electron chi connectivity index (χ3n) is 5.45. The van der Waals surface area contributed by atoms with E-state index in [0.717, 1.165) is 5.56 Å². The highest BCUT2D eigenvalue weighted by molar-refractivity contribution is 5.97. The number of anilines is 1. The van der Waals surface area contributed by atoms with E-state index in [9.17, 15) is 9.59 Å². The molecule has 0 aliphatic carbocycles. The van der Waals surface area contributed by atoms with Crippen molar-refractivity contribution in [1.29, 1.82) is 0 Å². The molecule has 4 rings (SSSR count). The number of rotatable bonds is 4. The molecule has 0 bridgehead atoms. The SMILES string of the molecule is Cc1cccc(NC(=O)[C@H](C)NC(=O)[C@H]2O[C@@H]3OC(C)(C)O[C@@H]3[C@H]3OC(C)(C)O[C@H]32)c1. The van der Waals surface area contributed by atoms with Gasteiger partial charge in [-0.05, 0) is 59.2 Å². The molecule has 9 nitrogen and oxygen atoms in total. The monoisotopic (exact) mass is 434 g/mol. The van der Waals surface area contributed by atoms with Crippen LogP contribution in [0.3, 0.4) is 0 Å². The van der Waals surface area contributed by atoms with Gasteiger partial charge < -0.3 is 34.3 Å². The Morgan fingerprint density at radius 1 is 0.968 bits per heavy atom. The largest absolute Gasteiger partial charge is 0.342 e. The van der Waals surface area contributed by atoms with E-state index in [2.05, 4.69) is 10.6 Å². The van der Waals surface area contributed by atoms with Crippen molar-refractivity contribution in [3.63, 3.8) is 0 Å². The lowest BCUT2D eigenvalue weighted by atomic mass is 9.98. The quantitative estimate of drug-likeness (QED) is 0.745. The van der Waals surface area contributed by atoms with Crippen LogP contribution in [0.4, 0.5) is 5.69 Å². The highest BCUT2D eigenvalue weighted by atomic mass is 16.9. The van der Waals surface area contributed by atoms with Gasteiger partial charge in [-0.1, -0.05) is 12.1 Å². The van der Waals surface area contributed by atoms with Gasteiger partial charge in [0, 0.05) is 5.69 Å². The van der Waals surface area contributed by atoms with Crippen LogP contribution in [0.1, 0.15) is 40.2 Å². The first-order valence-corrected chi connectivity index (χ1v) is 10.5. The van der Waals surface area contributed by atoms with Gasteiger partial charge in [0.05, 0.1) is 0 Å². The van der Waals surface area contributed by atoms with Crippen LogP contribution in [-0.4, -0.2) is 60.1 Å². The topological polar surface area (TPSA) is 104 Å². The zero-order chi connectivity index (χ0) is 22.6. The highest BCUT2D eigenvalue weighted by Crippen LogP contribution is 2.44. The van der Waals surface area contributed by atoms with E-state index in [4.69, 9.17) is 23.7 Å². The van der Waals surface area contributed by atoms with Gasteiger partial charge in [-0.2, -0.15) is 0 Å². The predicted molar refractivity (Wildman–Crippen MR) is 110 cm³/mol. The molecule has 3 fully saturated rings. The fourth-order valence-corrected chi connectivity index (χ4v) is 4.16. The summed E-state index contributed by atoms with van der Waals surface area (Å²) < 4.78 is 29.7. The third kappa shape index (κ3) is 4.61. The Balaban J connectivity index is 1.45. The van der Waals surface area contributed by atoms with Crippen LogP contribution in [0.5, 0.6) is 0 Å². The molecule has 31 heavy (non-hydrogen) atoms. The Morgan fingerprint density at radius 2 is 1.61 bits per heavy atom. The zero-order valence-electron chi connectivity index (χ0n) is 18.6. The summed E-state index contributed by atoms with van der Waals surface area (Å²) >= 11 is 0. The van der Waals surface area contributed by atoms with E-state index >= 15 is 0 Å².